The lowest BCUT2D eigenvalue weighted by molar-refractivity contribution is -0.123. The summed E-state index contributed by atoms with van der Waals surface area (Å²) in [6.45, 7) is 0.0591. The number of hydrogen-bond acceptors (Lipinski definition) is 8. The van der Waals surface area contributed by atoms with Gasteiger partial charge in [-0.2, -0.15) is 13.8 Å². The van der Waals surface area contributed by atoms with Crippen LogP contribution in [0.5, 0.6) is 11.5 Å². The van der Waals surface area contributed by atoms with Crippen LogP contribution in [0.1, 0.15) is 29.0 Å². The number of para-hydroxylation sites is 2. The van der Waals surface area contributed by atoms with Gasteiger partial charge in [-0.25, -0.2) is 4.79 Å². The first-order valence-electron chi connectivity index (χ1n) is 9.39. The van der Waals surface area contributed by atoms with E-state index < -0.39 is 24.6 Å². The summed E-state index contributed by atoms with van der Waals surface area (Å²) >= 11 is 0. The van der Waals surface area contributed by atoms with Crippen molar-refractivity contribution in [2.45, 2.75) is 33.2 Å². The minimum atomic E-state index is -3.05. The number of ether oxygens (including phenoxy) is 3. The molecular formula is C21H19F2N3O6. The van der Waals surface area contributed by atoms with E-state index >= 15 is 0 Å². The second-order valence-electron chi connectivity index (χ2n) is 6.45. The van der Waals surface area contributed by atoms with Gasteiger partial charge in [0.25, 0.3) is 5.91 Å². The van der Waals surface area contributed by atoms with Crippen molar-refractivity contribution in [3.63, 3.8) is 0 Å². The van der Waals surface area contributed by atoms with E-state index in [1.807, 2.05) is 0 Å². The summed E-state index contributed by atoms with van der Waals surface area (Å²) in [7, 11) is 0. The number of halogens is 2. The molecule has 32 heavy (non-hydrogen) atoms. The van der Waals surface area contributed by atoms with E-state index in [4.69, 9.17) is 14.0 Å². The van der Waals surface area contributed by atoms with E-state index in [0.717, 1.165) is 0 Å². The Balaban J connectivity index is 1.54. The number of carbonyl (C=O) groups excluding carboxylic acids is 2. The van der Waals surface area contributed by atoms with Crippen molar-refractivity contribution in [1.82, 2.24) is 10.1 Å². The third-order valence-electron chi connectivity index (χ3n) is 4.04. The number of rotatable bonds is 9. The fraction of sp³-hybridized carbons (Fsp3) is 0.238. The predicted octanol–water partition coefficient (Wildman–Crippen LogP) is 3.74. The van der Waals surface area contributed by atoms with Gasteiger partial charge in [-0.05, 0) is 43.3 Å². The number of anilines is 1. The highest BCUT2D eigenvalue weighted by atomic mass is 19.3. The van der Waals surface area contributed by atoms with Crippen LogP contribution in [-0.4, -0.2) is 34.7 Å². The molecule has 168 valence electrons. The number of nitrogens with one attached hydrogen (secondary N) is 1. The predicted molar refractivity (Wildman–Crippen MR) is 106 cm³/mol. The Morgan fingerprint density at radius 3 is 2.50 bits per heavy atom. The molecule has 1 atom stereocenters. The summed E-state index contributed by atoms with van der Waals surface area (Å²) in [5, 5.41) is 6.11. The fourth-order valence-electron chi connectivity index (χ4n) is 2.52. The largest absolute Gasteiger partial charge is 0.485 e. The number of esters is 1. The molecule has 9 nitrogen and oxygen atoms in total. The first-order chi connectivity index (χ1) is 15.3. The van der Waals surface area contributed by atoms with Gasteiger partial charge in [0.15, 0.2) is 12.7 Å². The van der Waals surface area contributed by atoms with Crippen LogP contribution < -0.4 is 14.8 Å². The van der Waals surface area contributed by atoms with E-state index in [-0.39, 0.29) is 23.6 Å². The summed E-state index contributed by atoms with van der Waals surface area (Å²) < 4.78 is 44.8. The lowest BCUT2D eigenvalue weighted by atomic mass is 10.2. The monoisotopic (exact) mass is 447 g/mol. The van der Waals surface area contributed by atoms with E-state index in [0.29, 0.717) is 17.5 Å². The van der Waals surface area contributed by atoms with Crippen molar-refractivity contribution in [3.8, 4) is 11.5 Å². The van der Waals surface area contributed by atoms with Crippen LogP contribution >= 0.6 is 0 Å². The average Bonchev–Trinajstić information content (AvgIpc) is 3.18. The SMILES string of the molecule is Cc1nc(COc2ccc(C(=O)OC(C)C(=O)Nc3ccccc3OC(F)F)cc2)no1. The molecule has 0 spiro atoms. The number of amides is 1. The third-order valence-corrected chi connectivity index (χ3v) is 4.04. The second-order valence-corrected chi connectivity index (χ2v) is 6.45. The quantitative estimate of drug-likeness (QED) is 0.494. The molecule has 0 saturated heterocycles. The average molecular weight is 447 g/mol. The molecule has 1 heterocycles. The fourth-order valence-corrected chi connectivity index (χ4v) is 2.52. The molecule has 2 aromatic carbocycles. The Bertz CT molecular complexity index is 1070. The zero-order valence-electron chi connectivity index (χ0n) is 17.1. The molecule has 1 amide bonds. The molecule has 0 aliphatic rings. The molecule has 1 aromatic heterocycles. The number of hydrogen-bond donors (Lipinski definition) is 1. The molecule has 3 aromatic rings. The minimum Gasteiger partial charge on any atom is -0.485 e. The highest BCUT2D eigenvalue weighted by molar-refractivity contribution is 5.98. The molecule has 0 aliphatic heterocycles. The van der Waals surface area contributed by atoms with E-state index in [1.54, 1.807) is 19.1 Å². The number of aromatic nitrogens is 2. The van der Waals surface area contributed by atoms with Crippen molar-refractivity contribution in [2.24, 2.45) is 0 Å². The van der Waals surface area contributed by atoms with Gasteiger partial charge in [-0.15, -0.1) is 0 Å². The van der Waals surface area contributed by atoms with Gasteiger partial charge in [-0.3, -0.25) is 4.79 Å². The van der Waals surface area contributed by atoms with E-state index in [1.165, 1.54) is 43.3 Å². The van der Waals surface area contributed by atoms with Crippen molar-refractivity contribution in [2.75, 3.05) is 5.32 Å². The molecule has 11 heteroatoms. The van der Waals surface area contributed by atoms with E-state index in [2.05, 4.69) is 20.2 Å². The van der Waals surface area contributed by atoms with Crippen LogP contribution in [0.4, 0.5) is 14.5 Å². The minimum absolute atomic E-state index is 0.0268. The Morgan fingerprint density at radius 2 is 1.84 bits per heavy atom. The molecule has 0 radical (unpaired) electrons. The van der Waals surface area contributed by atoms with Gasteiger partial charge < -0.3 is 24.1 Å². The third kappa shape index (κ3) is 6.24. The standard InChI is InChI=1S/C21H19F2N3O6/c1-12(19(27)25-16-5-3-4-6-17(16)31-21(22)23)30-20(28)14-7-9-15(10-8-14)29-11-18-24-13(2)32-26-18/h3-10,12,21H,11H2,1-2H3,(H,25,27). The van der Waals surface area contributed by atoms with Gasteiger partial charge in [0.1, 0.15) is 11.5 Å². The Labute approximate surface area is 181 Å². The zero-order chi connectivity index (χ0) is 23.1. The Hall–Kier alpha value is -4.02. The normalized spacial score (nSPS) is 11.7. The first-order valence-corrected chi connectivity index (χ1v) is 9.39. The maximum absolute atomic E-state index is 12.5. The summed E-state index contributed by atoms with van der Waals surface area (Å²) in [6.07, 6.45) is -1.19. The number of alkyl halides is 2. The lowest BCUT2D eigenvalue weighted by Crippen LogP contribution is -2.30. The van der Waals surface area contributed by atoms with Gasteiger partial charge >= 0.3 is 12.6 Å². The molecule has 0 bridgehead atoms. The number of benzene rings is 2. The van der Waals surface area contributed by atoms with Crippen LogP contribution in [0.15, 0.2) is 53.1 Å². The van der Waals surface area contributed by atoms with Gasteiger partial charge in [0.05, 0.1) is 11.3 Å². The van der Waals surface area contributed by atoms with Crippen LogP contribution in [0.25, 0.3) is 0 Å². The molecule has 1 N–H and O–H groups in total. The van der Waals surface area contributed by atoms with Crippen molar-refractivity contribution in [3.05, 3.63) is 65.8 Å². The molecular weight excluding hydrogens is 428 g/mol. The van der Waals surface area contributed by atoms with Crippen LogP contribution in [0, 0.1) is 6.92 Å². The van der Waals surface area contributed by atoms with Gasteiger partial charge in [0.2, 0.25) is 11.7 Å². The van der Waals surface area contributed by atoms with Gasteiger partial charge in [0, 0.05) is 6.92 Å². The van der Waals surface area contributed by atoms with Crippen molar-refractivity contribution < 1.29 is 37.1 Å². The Kier molecular flexibility index (Phi) is 7.32. The van der Waals surface area contributed by atoms with Crippen molar-refractivity contribution >= 4 is 17.6 Å². The zero-order valence-corrected chi connectivity index (χ0v) is 17.1. The summed E-state index contributed by atoms with van der Waals surface area (Å²) in [5.74, 6) is -0.397. The maximum Gasteiger partial charge on any atom is 0.387 e. The van der Waals surface area contributed by atoms with E-state index in [9.17, 15) is 18.4 Å². The number of nitrogens with zero attached hydrogens (tertiary/aromatic N) is 2. The highest BCUT2D eigenvalue weighted by Crippen LogP contribution is 2.25. The lowest BCUT2D eigenvalue weighted by Gasteiger charge is -2.16. The van der Waals surface area contributed by atoms with Crippen LogP contribution in [-0.2, 0) is 16.1 Å². The van der Waals surface area contributed by atoms with Gasteiger partial charge in [-0.1, -0.05) is 17.3 Å². The summed E-state index contributed by atoms with van der Waals surface area (Å²) in [6, 6.07) is 11.7. The first kappa shape index (κ1) is 22.7. The smallest absolute Gasteiger partial charge is 0.387 e. The van der Waals surface area contributed by atoms with Crippen LogP contribution in [0.2, 0.25) is 0 Å². The number of aryl methyl sites for hydroxylation is 1. The van der Waals surface area contributed by atoms with Crippen LogP contribution in [0.3, 0.4) is 0 Å². The molecule has 0 fully saturated rings. The maximum atomic E-state index is 12.5. The second kappa shape index (κ2) is 10.3. The Morgan fingerprint density at radius 1 is 1.12 bits per heavy atom. The summed E-state index contributed by atoms with van der Waals surface area (Å²) in [5.41, 5.74) is 0.216. The highest BCUT2D eigenvalue weighted by Gasteiger charge is 2.21. The topological polar surface area (TPSA) is 113 Å². The summed E-state index contributed by atoms with van der Waals surface area (Å²) in [4.78, 5) is 28.7. The molecule has 1 unspecified atom stereocenters. The molecule has 3 rings (SSSR count). The molecule has 0 aliphatic carbocycles. The molecule has 0 saturated carbocycles. The number of carbonyl (C=O) groups is 2. The van der Waals surface area contributed by atoms with Crippen molar-refractivity contribution in [1.29, 1.82) is 0 Å².